The summed E-state index contributed by atoms with van der Waals surface area (Å²) in [6.45, 7) is 0.862. The summed E-state index contributed by atoms with van der Waals surface area (Å²) < 4.78 is 0. The first-order valence-corrected chi connectivity index (χ1v) is 5.17. The Kier molecular flexibility index (Phi) is 3.05. The van der Waals surface area contributed by atoms with E-state index in [1.807, 2.05) is 31.4 Å². The van der Waals surface area contributed by atoms with E-state index < -0.39 is 0 Å². The van der Waals surface area contributed by atoms with Crippen LogP contribution in [0.2, 0.25) is 0 Å². The second-order valence-corrected chi connectivity index (χ2v) is 3.66. The van der Waals surface area contributed by atoms with Crippen molar-refractivity contribution < 1.29 is 0 Å². The third-order valence-corrected chi connectivity index (χ3v) is 2.49. The van der Waals surface area contributed by atoms with Crippen LogP contribution in [0, 0.1) is 0 Å². The summed E-state index contributed by atoms with van der Waals surface area (Å²) in [4.78, 5) is 6.34. The Labute approximate surface area is 94.3 Å². The number of anilines is 2. The fourth-order valence-electron chi connectivity index (χ4n) is 1.54. The molecular weight excluding hydrogens is 202 g/mol. The standard InChI is InChI=1S/C11H15N5/c1-16(10-8-14-15-11(10)12)7-5-9-4-2-3-6-13-9/h2-4,6,8H,5,7H2,1H3,(H3,12,14,15). The molecule has 0 aromatic carbocycles. The number of nitrogens with one attached hydrogen (secondary N) is 1. The van der Waals surface area contributed by atoms with Crippen LogP contribution < -0.4 is 10.6 Å². The number of aromatic amines is 1. The maximum absolute atomic E-state index is 5.74. The van der Waals surface area contributed by atoms with Gasteiger partial charge < -0.3 is 10.6 Å². The Morgan fingerprint density at radius 2 is 2.31 bits per heavy atom. The van der Waals surface area contributed by atoms with Crippen molar-refractivity contribution in [3.8, 4) is 0 Å². The quantitative estimate of drug-likeness (QED) is 0.803. The third kappa shape index (κ3) is 2.31. The number of H-pyrrole nitrogens is 1. The van der Waals surface area contributed by atoms with Gasteiger partial charge in [-0.15, -0.1) is 0 Å². The molecule has 0 saturated heterocycles. The molecule has 2 rings (SSSR count). The largest absolute Gasteiger partial charge is 0.382 e. The summed E-state index contributed by atoms with van der Waals surface area (Å²) in [5.74, 6) is 0.600. The van der Waals surface area contributed by atoms with E-state index >= 15 is 0 Å². The van der Waals surface area contributed by atoms with Gasteiger partial charge in [0.2, 0.25) is 0 Å². The van der Waals surface area contributed by atoms with Gasteiger partial charge >= 0.3 is 0 Å². The highest BCUT2D eigenvalue weighted by molar-refractivity contribution is 5.61. The number of hydrogen-bond donors (Lipinski definition) is 2. The number of nitrogens with two attached hydrogens (primary N) is 1. The summed E-state index contributed by atoms with van der Waals surface area (Å²) in [7, 11) is 1.99. The Morgan fingerprint density at radius 1 is 1.44 bits per heavy atom. The summed E-state index contributed by atoms with van der Waals surface area (Å²) >= 11 is 0. The van der Waals surface area contributed by atoms with Crippen LogP contribution in [-0.2, 0) is 6.42 Å². The van der Waals surface area contributed by atoms with Crippen molar-refractivity contribution in [3.05, 3.63) is 36.3 Å². The van der Waals surface area contributed by atoms with E-state index in [0.29, 0.717) is 5.82 Å². The van der Waals surface area contributed by atoms with Gasteiger partial charge in [-0.25, -0.2) is 0 Å². The Morgan fingerprint density at radius 3 is 2.94 bits per heavy atom. The van der Waals surface area contributed by atoms with Gasteiger partial charge in [0.1, 0.15) is 5.82 Å². The second-order valence-electron chi connectivity index (χ2n) is 3.66. The molecule has 5 heteroatoms. The first-order chi connectivity index (χ1) is 7.77. The van der Waals surface area contributed by atoms with E-state index in [9.17, 15) is 0 Å². The van der Waals surface area contributed by atoms with Crippen LogP contribution in [-0.4, -0.2) is 28.8 Å². The average Bonchev–Trinajstić information content (AvgIpc) is 2.74. The minimum absolute atomic E-state index is 0.600. The van der Waals surface area contributed by atoms with E-state index in [1.165, 1.54) is 0 Å². The van der Waals surface area contributed by atoms with Gasteiger partial charge in [-0.3, -0.25) is 10.1 Å². The number of rotatable bonds is 4. The lowest BCUT2D eigenvalue weighted by atomic mass is 10.2. The van der Waals surface area contributed by atoms with Gasteiger partial charge in [-0.1, -0.05) is 6.07 Å². The van der Waals surface area contributed by atoms with Gasteiger partial charge in [0, 0.05) is 31.9 Å². The molecule has 2 heterocycles. The average molecular weight is 217 g/mol. The molecule has 0 saturated carbocycles. The number of hydrogen-bond acceptors (Lipinski definition) is 4. The van der Waals surface area contributed by atoms with Crippen LogP contribution in [0.25, 0.3) is 0 Å². The molecule has 0 spiro atoms. The molecule has 0 amide bonds. The van der Waals surface area contributed by atoms with Crippen LogP contribution in [0.1, 0.15) is 5.69 Å². The van der Waals surface area contributed by atoms with Gasteiger partial charge in [0.15, 0.2) is 0 Å². The first-order valence-electron chi connectivity index (χ1n) is 5.17. The molecule has 0 unspecified atom stereocenters. The van der Waals surface area contributed by atoms with Crippen molar-refractivity contribution in [1.29, 1.82) is 0 Å². The van der Waals surface area contributed by atoms with Crippen molar-refractivity contribution in [2.45, 2.75) is 6.42 Å². The fourth-order valence-corrected chi connectivity index (χ4v) is 1.54. The number of nitrogen functional groups attached to an aromatic ring is 1. The molecule has 2 aromatic rings. The lowest BCUT2D eigenvalue weighted by molar-refractivity contribution is 0.854. The molecule has 16 heavy (non-hydrogen) atoms. The Balaban J connectivity index is 1.94. The molecule has 0 radical (unpaired) electrons. The van der Waals surface area contributed by atoms with Crippen molar-refractivity contribution >= 4 is 11.5 Å². The lowest BCUT2D eigenvalue weighted by Gasteiger charge is -2.17. The minimum Gasteiger partial charge on any atom is -0.382 e. The number of aromatic nitrogens is 3. The zero-order valence-corrected chi connectivity index (χ0v) is 9.22. The van der Waals surface area contributed by atoms with Gasteiger partial charge in [0.05, 0.1) is 11.9 Å². The topological polar surface area (TPSA) is 70.8 Å². The third-order valence-electron chi connectivity index (χ3n) is 2.49. The lowest BCUT2D eigenvalue weighted by Crippen LogP contribution is -2.21. The molecule has 2 aromatic heterocycles. The normalized spacial score (nSPS) is 10.3. The zero-order chi connectivity index (χ0) is 11.4. The first kappa shape index (κ1) is 10.5. The van der Waals surface area contributed by atoms with Crippen LogP contribution in [0.5, 0.6) is 0 Å². The number of nitrogens with zero attached hydrogens (tertiary/aromatic N) is 3. The SMILES string of the molecule is CN(CCc1ccccn1)c1cn[nH]c1N. The summed E-state index contributed by atoms with van der Waals surface area (Å²) in [6.07, 6.45) is 4.43. The second kappa shape index (κ2) is 4.65. The molecule has 0 bridgehead atoms. The highest BCUT2D eigenvalue weighted by atomic mass is 15.2. The summed E-state index contributed by atoms with van der Waals surface area (Å²) in [5, 5.41) is 6.61. The number of pyridine rings is 1. The van der Waals surface area contributed by atoms with Gasteiger partial charge in [-0.2, -0.15) is 5.10 Å². The van der Waals surface area contributed by atoms with Crippen LogP contribution in [0.3, 0.4) is 0 Å². The molecule has 0 atom stereocenters. The van der Waals surface area contributed by atoms with Crippen molar-refractivity contribution in [2.75, 3.05) is 24.2 Å². The highest BCUT2D eigenvalue weighted by Crippen LogP contribution is 2.17. The van der Waals surface area contributed by atoms with Gasteiger partial charge in [-0.05, 0) is 12.1 Å². The Hall–Kier alpha value is -2.04. The molecular formula is C11H15N5. The Bertz CT molecular complexity index is 437. The fraction of sp³-hybridized carbons (Fsp3) is 0.273. The zero-order valence-electron chi connectivity index (χ0n) is 9.22. The van der Waals surface area contributed by atoms with Crippen LogP contribution in [0.4, 0.5) is 11.5 Å². The van der Waals surface area contributed by atoms with Crippen LogP contribution in [0.15, 0.2) is 30.6 Å². The van der Waals surface area contributed by atoms with Crippen molar-refractivity contribution in [2.24, 2.45) is 0 Å². The van der Waals surface area contributed by atoms with E-state index in [-0.39, 0.29) is 0 Å². The predicted molar refractivity (Wildman–Crippen MR) is 64.2 cm³/mol. The van der Waals surface area contributed by atoms with E-state index in [1.54, 1.807) is 6.20 Å². The number of likely N-dealkylation sites (N-methyl/N-ethyl adjacent to an activating group) is 1. The molecule has 3 N–H and O–H groups in total. The molecule has 84 valence electrons. The monoisotopic (exact) mass is 217 g/mol. The molecule has 5 nitrogen and oxygen atoms in total. The van der Waals surface area contributed by atoms with Gasteiger partial charge in [0.25, 0.3) is 0 Å². The van der Waals surface area contributed by atoms with Crippen LogP contribution >= 0.6 is 0 Å². The smallest absolute Gasteiger partial charge is 0.142 e. The molecule has 0 aliphatic rings. The summed E-state index contributed by atoms with van der Waals surface area (Å²) in [5.41, 5.74) is 7.74. The minimum atomic E-state index is 0.600. The predicted octanol–water partition coefficient (Wildman–Crippen LogP) is 1.07. The maximum atomic E-state index is 5.74. The van der Waals surface area contributed by atoms with E-state index in [4.69, 9.17) is 5.73 Å². The molecule has 0 aliphatic carbocycles. The van der Waals surface area contributed by atoms with Crippen molar-refractivity contribution in [3.63, 3.8) is 0 Å². The molecule has 0 fully saturated rings. The van der Waals surface area contributed by atoms with E-state index in [0.717, 1.165) is 24.3 Å². The molecule has 0 aliphatic heterocycles. The maximum Gasteiger partial charge on any atom is 0.142 e. The van der Waals surface area contributed by atoms with E-state index in [2.05, 4.69) is 20.1 Å². The van der Waals surface area contributed by atoms with Crippen molar-refractivity contribution in [1.82, 2.24) is 15.2 Å². The summed E-state index contributed by atoms with van der Waals surface area (Å²) in [6, 6.07) is 5.93. The highest BCUT2D eigenvalue weighted by Gasteiger charge is 2.06.